The minimum absolute atomic E-state index is 0.0505. The van der Waals surface area contributed by atoms with E-state index < -0.39 is 0 Å². The van der Waals surface area contributed by atoms with E-state index in [-0.39, 0.29) is 5.41 Å². The van der Waals surface area contributed by atoms with Gasteiger partial charge in [0, 0.05) is 22.2 Å². The molecule has 236 valence electrons. The summed E-state index contributed by atoms with van der Waals surface area (Å²) in [5.41, 5.74) is 14.6. The quantitative estimate of drug-likeness (QED) is 0.185. The molecule has 0 N–H and O–H groups in total. The largest absolute Gasteiger partial charge is 0.309 e. The fourth-order valence-electron chi connectivity index (χ4n) is 10.3. The zero-order valence-electron chi connectivity index (χ0n) is 28.0. The SMILES string of the molecule is C[C@H]1C[C@@H]2C[C@H](C1)C1(c3ccccc3-c3c(N(c4ccc(-c5ccccc5)cc4)c4ccccc4-c4ccccc4)cccc31)[C@H](C)C2. The van der Waals surface area contributed by atoms with Crippen molar-refractivity contribution in [3.05, 3.63) is 163 Å². The third kappa shape index (κ3) is 4.51. The van der Waals surface area contributed by atoms with Gasteiger partial charge >= 0.3 is 0 Å². The molecule has 9 rings (SSSR count). The van der Waals surface area contributed by atoms with E-state index in [4.69, 9.17) is 0 Å². The van der Waals surface area contributed by atoms with Gasteiger partial charge < -0.3 is 4.90 Å². The smallest absolute Gasteiger partial charge is 0.0543 e. The van der Waals surface area contributed by atoms with E-state index in [0.29, 0.717) is 11.8 Å². The normalized spacial score (nSPS) is 23.8. The minimum Gasteiger partial charge on any atom is -0.309 e. The molecule has 0 amide bonds. The number of hydrogen-bond acceptors (Lipinski definition) is 1. The average Bonchev–Trinajstić information content (AvgIpc) is 3.44. The van der Waals surface area contributed by atoms with E-state index in [1.54, 1.807) is 11.1 Å². The zero-order chi connectivity index (χ0) is 32.2. The lowest BCUT2D eigenvalue weighted by molar-refractivity contribution is 0.0426. The van der Waals surface area contributed by atoms with Gasteiger partial charge in [0.05, 0.1) is 11.4 Å². The number of anilines is 3. The van der Waals surface area contributed by atoms with Crippen molar-refractivity contribution >= 4 is 17.1 Å². The lowest BCUT2D eigenvalue weighted by Crippen LogP contribution is -2.49. The first-order valence-corrected chi connectivity index (χ1v) is 18.0. The Labute approximate surface area is 285 Å². The molecule has 1 heteroatoms. The fourth-order valence-corrected chi connectivity index (χ4v) is 10.3. The summed E-state index contributed by atoms with van der Waals surface area (Å²) in [4.78, 5) is 2.55. The van der Waals surface area contributed by atoms with Crippen molar-refractivity contribution in [1.82, 2.24) is 0 Å². The molecule has 6 aromatic carbocycles. The third-order valence-electron chi connectivity index (χ3n) is 12.0. The summed E-state index contributed by atoms with van der Waals surface area (Å²) in [6.45, 7) is 5.07. The number of hydrogen-bond donors (Lipinski definition) is 0. The van der Waals surface area contributed by atoms with E-state index in [0.717, 1.165) is 11.8 Å². The molecule has 1 unspecified atom stereocenters. The van der Waals surface area contributed by atoms with Gasteiger partial charge in [0.15, 0.2) is 0 Å². The summed E-state index contributed by atoms with van der Waals surface area (Å²) in [5.74, 6) is 2.91. The van der Waals surface area contributed by atoms with Crippen LogP contribution in [0.5, 0.6) is 0 Å². The molecule has 2 fully saturated rings. The van der Waals surface area contributed by atoms with Gasteiger partial charge in [-0.15, -0.1) is 0 Å². The maximum absolute atomic E-state index is 2.57. The highest BCUT2D eigenvalue weighted by molar-refractivity contribution is 5.98. The van der Waals surface area contributed by atoms with Gasteiger partial charge in [-0.2, -0.15) is 0 Å². The van der Waals surface area contributed by atoms with Gasteiger partial charge in [-0.25, -0.2) is 0 Å². The monoisotopic (exact) mass is 621 g/mol. The van der Waals surface area contributed by atoms with Crippen molar-refractivity contribution in [3.8, 4) is 33.4 Å². The molecule has 1 nitrogen and oxygen atoms in total. The molecular formula is C47H43N. The van der Waals surface area contributed by atoms with Crippen molar-refractivity contribution in [1.29, 1.82) is 0 Å². The van der Waals surface area contributed by atoms with Crippen LogP contribution in [0.2, 0.25) is 0 Å². The van der Waals surface area contributed by atoms with Crippen LogP contribution in [0.4, 0.5) is 17.1 Å². The lowest BCUT2D eigenvalue weighted by atomic mass is 9.49. The second-order valence-electron chi connectivity index (χ2n) is 14.8. The molecule has 3 aliphatic rings. The van der Waals surface area contributed by atoms with E-state index in [1.165, 1.54) is 76.1 Å². The highest BCUT2D eigenvalue weighted by atomic mass is 15.1. The van der Waals surface area contributed by atoms with Gasteiger partial charge in [-0.1, -0.05) is 141 Å². The molecule has 0 aliphatic heterocycles. The fraction of sp³-hybridized carbons (Fsp3) is 0.234. The van der Waals surface area contributed by atoms with Crippen LogP contribution in [-0.4, -0.2) is 0 Å². The summed E-state index contributed by atoms with van der Waals surface area (Å²) in [7, 11) is 0. The number of rotatable bonds is 5. The van der Waals surface area contributed by atoms with Crippen LogP contribution < -0.4 is 4.90 Å². The molecular weight excluding hydrogens is 579 g/mol. The van der Waals surface area contributed by atoms with Crippen LogP contribution in [0.25, 0.3) is 33.4 Å². The van der Waals surface area contributed by atoms with Crippen LogP contribution >= 0.6 is 0 Å². The Balaban J connectivity index is 1.29. The molecule has 0 saturated heterocycles. The summed E-state index contributed by atoms with van der Waals surface area (Å²) in [5, 5.41) is 0. The Bertz CT molecular complexity index is 2070. The molecule has 2 bridgehead atoms. The maximum atomic E-state index is 2.57. The van der Waals surface area contributed by atoms with E-state index >= 15 is 0 Å². The number of para-hydroxylation sites is 1. The van der Waals surface area contributed by atoms with Crippen molar-refractivity contribution < 1.29 is 0 Å². The average molecular weight is 622 g/mol. The van der Waals surface area contributed by atoms with Gasteiger partial charge in [-0.05, 0) is 107 Å². The van der Waals surface area contributed by atoms with E-state index in [9.17, 15) is 0 Å². The Morgan fingerprint density at radius 3 is 1.85 bits per heavy atom. The second kappa shape index (κ2) is 11.7. The summed E-state index contributed by atoms with van der Waals surface area (Å²) in [6.07, 6.45) is 5.39. The number of benzene rings is 6. The zero-order valence-corrected chi connectivity index (χ0v) is 28.0. The molecule has 0 aromatic heterocycles. The van der Waals surface area contributed by atoms with E-state index in [1.807, 2.05) is 0 Å². The highest BCUT2D eigenvalue weighted by Crippen LogP contribution is 2.66. The highest BCUT2D eigenvalue weighted by Gasteiger charge is 2.57. The number of nitrogens with zero attached hydrogens (tertiary/aromatic N) is 1. The summed E-state index contributed by atoms with van der Waals surface area (Å²) in [6, 6.07) is 56.4. The Morgan fingerprint density at radius 2 is 1.08 bits per heavy atom. The molecule has 1 spiro atoms. The summed E-state index contributed by atoms with van der Waals surface area (Å²) < 4.78 is 0. The maximum Gasteiger partial charge on any atom is 0.0543 e. The first kappa shape index (κ1) is 29.3. The van der Waals surface area contributed by atoms with Crippen molar-refractivity contribution in [2.45, 2.75) is 44.9 Å². The third-order valence-corrected chi connectivity index (χ3v) is 12.0. The molecule has 0 radical (unpaired) electrons. The Kier molecular flexibility index (Phi) is 7.12. The van der Waals surface area contributed by atoms with Crippen molar-refractivity contribution in [3.63, 3.8) is 0 Å². The molecule has 5 atom stereocenters. The van der Waals surface area contributed by atoms with Crippen LogP contribution in [0.1, 0.15) is 50.7 Å². The predicted molar refractivity (Wildman–Crippen MR) is 202 cm³/mol. The standard InChI is InChI=1S/C47H43N/c1-32-28-34-30-33(2)47(38(29-32)31-34)42-20-11-9-19-41(42)46-43(47)21-13-23-45(46)48(39-26-24-36(25-27-39)35-14-5-3-6-15-35)44-22-12-10-18-40(44)37-16-7-4-8-17-37/h3-27,32-34,38H,28-31H2,1-2H3/t32-,33+,34-,38-,47?/m0/s1. The molecule has 0 heterocycles. The topological polar surface area (TPSA) is 3.24 Å². The van der Waals surface area contributed by atoms with Gasteiger partial charge in [0.1, 0.15) is 0 Å². The molecule has 48 heavy (non-hydrogen) atoms. The van der Waals surface area contributed by atoms with Crippen LogP contribution in [-0.2, 0) is 5.41 Å². The Hall–Kier alpha value is -4.88. The molecule has 3 aliphatic carbocycles. The Morgan fingerprint density at radius 1 is 0.479 bits per heavy atom. The summed E-state index contributed by atoms with van der Waals surface area (Å²) >= 11 is 0. The predicted octanol–water partition coefficient (Wildman–Crippen LogP) is 12.8. The van der Waals surface area contributed by atoms with Crippen molar-refractivity contribution in [2.24, 2.45) is 23.7 Å². The first-order valence-electron chi connectivity index (χ1n) is 18.0. The van der Waals surface area contributed by atoms with Gasteiger partial charge in [0.25, 0.3) is 0 Å². The van der Waals surface area contributed by atoms with Crippen LogP contribution in [0, 0.1) is 23.7 Å². The van der Waals surface area contributed by atoms with Gasteiger partial charge in [-0.3, -0.25) is 0 Å². The van der Waals surface area contributed by atoms with Crippen LogP contribution in [0.3, 0.4) is 0 Å². The second-order valence-corrected chi connectivity index (χ2v) is 14.8. The first-order chi connectivity index (χ1) is 23.6. The minimum atomic E-state index is 0.0505. The molecule has 2 saturated carbocycles. The van der Waals surface area contributed by atoms with Crippen LogP contribution in [0.15, 0.2) is 152 Å². The lowest BCUT2D eigenvalue weighted by Gasteiger charge is -2.54. The van der Waals surface area contributed by atoms with E-state index in [2.05, 4.69) is 170 Å². The van der Waals surface area contributed by atoms with Crippen molar-refractivity contribution in [2.75, 3.05) is 4.90 Å². The number of fused-ring (bicyclic) bond motifs is 8. The molecule has 6 aromatic rings. The van der Waals surface area contributed by atoms with Gasteiger partial charge in [0.2, 0.25) is 0 Å².